The second-order valence-corrected chi connectivity index (χ2v) is 4.87. The van der Waals surface area contributed by atoms with Gasteiger partial charge in [0.25, 0.3) is 0 Å². The molecule has 5 heteroatoms. The van der Waals surface area contributed by atoms with Crippen molar-refractivity contribution in [1.82, 2.24) is 5.32 Å². The summed E-state index contributed by atoms with van der Waals surface area (Å²) in [6.07, 6.45) is 1.87. The maximum atomic E-state index is 12.1. The number of hydrogen-bond acceptors (Lipinski definition) is 3. The molecule has 1 aromatic rings. The molecule has 1 N–H and O–H groups in total. The van der Waals surface area contributed by atoms with Gasteiger partial charge in [-0.2, -0.15) is 0 Å². The number of anilines is 1. The fourth-order valence-electron chi connectivity index (χ4n) is 2.34. The molecular formula is C16H20N2O3. The highest BCUT2D eigenvalue weighted by molar-refractivity contribution is 6.00. The fraction of sp³-hybridized carbons (Fsp3) is 0.375. The molecule has 1 fully saturated rings. The fourth-order valence-corrected chi connectivity index (χ4v) is 2.34. The molecule has 0 aliphatic carbocycles. The van der Waals surface area contributed by atoms with Gasteiger partial charge in [-0.1, -0.05) is 6.08 Å². The van der Waals surface area contributed by atoms with E-state index in [1.807, 2.05) is 31.2 Å². The predicted molar refractivity (Wildman–Crippen MR) is 81.3 cm³/mol. The Balaban J connectivity index is 2.02. The Bertz CT molecular complexity index is 525. The Labute approximate surface area is 124 Å². The van der Waals surface area contributed by atoms with Gasteiger partial charge in [0.1, 0.15) is 5.75 Å². The lowest BCUT2D eigenvalue weighted by atomic mass is 10.1. The Kier molecular flexibility index (Phi) is 4.98. The van der Waals surface area contributed by atoms with Crippen molar-refractivity contribution in [2.24, 2.45) is 5.92 Å². The largest absolute Gasteiger partial charge is 0.494 e. The smallest absolute Gasteiger partial charge is 0.227 e. The SMILES string of the molecule is C=CCNC(=O)C1CC(=O)N(c2ccc(OCC)cc2)C1. The van der Waals surface area contributed by atoms with Crippen LogP contribution in [0, 0.1) is 5.92 Å². The summed E-state index contributed by atoms with van der Waals surface area (Å²) in [5, 5.41) is 2.74. The van der Waals surface area contributed by atoms with E-state index in [1.165, 1.54) is 0 Å². The van der Waals surface area contributed by atoms with Gasteiger partial charge in [-0.15, -0.1) is 6.58 Å². The third-order valence-corrected chi connectivity index (χ3v) is 3.38. The average Bonchev–Trinajstić information content (AvgIpc) is 2.88. The summed E-state index contributed by atoms with van der Waals surface area (Å²) in [7, 11) is 0. The zero-order valence-electron chi connectivity index (χ0n) is 12.2. The molecule has 1 aromatic carbocycles. The quantitative estimate of drug-likeness (QED) is 0.811. The van der Waals surface area contributed by atoms with Crippen molar-refractivity contribution >= 4 is 17.5 Å². The van der Waals surface area contributed by atoms with Gasteiger partial charge in [-0.25, -0.2) is 0 Å². The normalized spacial score (nSPS) is 17.7. The van der Waals surface area contributed by atoms with E-state index in [1.54, 1.807) is 11.0 Å². The Morgan fingerprint density at radius 3 is 2.81 bits per heavy atom. The van der Waals surface area contributed by atoms with E-state index in [0.717, 1.165) is 11.4 Å². The van der Waals surface area contributed by atoms with Gasteiger partial charge in [0.05, 0.1) is 12.5 Å². The third-order valence-electron chi connectivity index (χ3n) is 3.38. The van der Waals surface area contributed by atoms with Crippen molar-refractivity contribution < 1.29 is 14.3 Å². The van der Waals surface area contributed by atoms with Crippen LogP contribution in [-0.4, -0.2) is 31.5 Å². The number of amides is 2. The zero-order chi connectivity index (χ0) is 15.2. The van der Waals surface area contributed by atoms with Gasteiger partial charge in [0.15, 0.2) is 0 Å². The van der Waals surface area contributed by atoms with Crippen LogP contribution in [0.1, 0.15) is 13.3 Å². The number of hydrogen-bond donors (Lipinski definition) is 1. The Hall–Kier alpha value is -2.30. The number of nitrogens with zero attached hydrogens (tertiary/aromatic N) is 1. The topological polar surface area (TPSA) is 58.6 Å². The molecule has 0 spiro atoms. The van der Waals surface area contributed by atoms with Crippen LogP contribution < -0.4 is 15.0 Å². The lowest BCUT2D eigenvalue weighted by Gasteiger charge is -2.17. The molecule has 0 bridgehead atoms. The molecule has 1 saturated heterocycles. The van der Waals surface area contributed by atoms with Crippen LogP contribution in [0.3, 0.4) is 0 Å². The van der Waals surface area contributed by atoms with E-state index in [9.17, 15) is 9.59 Å². The van der Waals surface area contributed by atoms with Gasteiger partial charge in [-0.3, -0.25) is 9.59 Å². The summed E-state index contributed by atoms with van der Waals surface area (Å²) in [4.78, 5) is 25.6. The molecule has 1 aliphatic heterocycles. The molecular weight excluding hydrogens is 268 g/mol. The standard InChI is InChI=1S/C16H20N2O3/c1-3-9-17-16(20)12-10-15(19)18(11-12)13-5-7-14(8-6-13)21-4-2/h3,5-8,12H,1,4,9-11H2,2H3,(H,17,20). The molecule has 1 aliphatic rings. The minimum atomic E-state index is -0.302. The van der Waals surface area contributed by atoms with Crippen molar-refractivity contribution in [1.29, 1.82) is 0 Å². The second-order valence-electron chi connectivity index (χ2n) is 4.87. The minimum Gasteiger partial charge on any atom is -0.494 e. The maximum Gasteiger partial charge on any atom is 0.227 e. The number of carbonyl (C=O) groups excluding carboxylic acids is 2. The highest BCUT2D eigenvalue weighted by Gasteiger charge is 2.34. The maximum absolute atomic E-state index is 12.1. The summed E-state index contributed by atoms with van der Waals surface area (Å²) in [6.45, 7) is 6.92. The van der Waals surface area contributed by atoms with Crippen LogP contribution in [0.2, 0.25) is 0 Å². The molecule has 5 nitrogen and oxygen atoms in total. The van der Waals surface area contributed by atoms with Gasteiger partial charge < -0.3 is 15.0 Å². The Morgan fingerprint density at radius 1 is 1.48 bits per heavy atom. The first-order valence-corrected chi connectivity index (χ1v) is 7.07. The number of ether oxygens (including phenoxy) is 1. The van der Waals surface area contributed by atoms with Crippen molar-refractivity contribution in [3.05, 3.63) is 36.9 Å². The van der Waals surface area contributed by atoms with Crippen LogP contribution in [0.25, 0.3) is 0 Å². The van der Waals surface area contributed by atoms with Gasteiger partial charge in [0, 0.05) is 25.2 Å². The highest BCUT2D eigenvalue weighted by atomic mass is 16.5. The molecule has 1 heterocycles. The van der Waals surface area contributed by atoms with E-state index >= 15 is 0 Å². The number of carbonyl (C=O) groups is 2. The van der Waals surface area contributed by atoms with E-state index < -0.39 is 0 Å². The van der Waals surface area contributed by atoms with Crippen LogP contribution in [0.5, 0.6) is 5.75 Å². The predicted octanol–water partition coefficient (Wildman–Crippen LogP) is 1.74. The first-order chi connectivity index (χ1) is 10.2. The monoisotopic (exact) mass is 288 g/mol. The molecule has 0 radical (unpaired) electrons. The third kappa shape index (κ3) is 3.62. The molecule has 112 valence electrons. The lowest BCUT2D eigenvalue weighted by Crippen LogP contribution is -2.32. The molecule has 21 heavy (non-hydrogen) atoms. The van der Waals surface area contributed by atoms with E-state index in [4.69, 9.17) is 4.74 Å². The summed E-state index contributed by atoms with van der Waals surface area (Å²) >= 11 is 0. The zero-order valence-corrected chi connectivity index (χ0v) is 12.2. The second kappa shape index (κ2) is 6.92. The van der Waals surface area contributed by atoms with Crippen LogP contribution in [0.4, 0.5) is 5.69 Å². The van der Waals surface area contributed by atoms with Crippen molar-refractivity contribution in [3.8, 4) is 5.75 Å². The molecule has 1 atom stereocenters. The number of benzene rings is 1. The first-order valence-electron chi connectivity index (χ1n) is 7.07. The highest BCUT2D eigenvalue weighted by Crippen LogP contribution is 2.26. The van der Waals surface area contributed by atoms with Gasteiger partial charge in [0.2, 0.25) is 11.8 Å². The van der Waals surface area contributed by atoms with Gasteiger partial charge in [-0.05, 0) is 31.2 Å². The van der Waals surface area contributed by atoms with Crippen molar-refractivity contribution in [3.63, 3.8) is 0 Å². The van der Waals surface area contributed by atoms with Crippen molar-refractivity contribution in [2.75, 3.05) is 24.6 Å². The van der Waals surface area contributed by atoms with Crippen LogP contribution in [-0.2, 0) is 9.59 Å². The average molecular weight is 288 g/mol. The summed E-state index contributed by atoms with van der Waals surface area (Å²) in [6, 6.07) is 7.34. The Morgan fingerprint density at radius 2 is 2.19 bits per heavy atom. The van der Waals surface area contributed by atoms with Gasteiger partial charge >= 0.3 is 0 Å². The number of nitrogens with one attached hydrogen (secondary N) is 1. The molecule has 2 rings (SSSR count). The van der Waals surface area contributed by atoms with E-state index in [0.29, 0.717) is 19.7 Å². The molecule has 0 saturated carbocycles. The molecule has 2 amide bonds. The molecule has 1 unspecified atom stereocenters. The summed E-state index contributed by atoms with van der Waals surface area (Å²) in [5.41, 5.74) is 0.794. The lowest BCUT2D eigenvalue weighted by molar-refractivity contribution is -0.126. The van der Waals surface area contributed by atoms with Crippen molar-refractivity contribution in [2.45, 2.75) is 13.3 Å². The molecule has 0 aromatic heterocycles. The van der Waals surface area contributed by atoms with E-state index in [-0.39, 0.29) is 24.2 Å². The first kappa shape index (κ1) is 15.1. The summed E-state index contributed by atoms with van der Waals surface area (Å²) < 4.78 is 5.38. The summed E-state index contributed by atoms with van der Waals surface area (Å²) in [5.74, 6) is 0.340. The minimum absolute atomic E-state index is 0.0297. The number of rotatable bonds is 6. The van der Waals surface area contributed by atoms with Crippen LogP contribution >= 0.6 is 0 Å². The van der Waals surface area contributed by atoms with Crippen LogP contribution in [0.15, 0.2) is 36.9 Å². The van der Waals surface area contributed by atoms with E-state index in [2.05, 4.69) is 11.9 Å².